The normalized spacial score (nSPS) is 11.7. The van der Waals surface area contributed by atoms with Gasteiger partial charge in [-0.2, -0.15) is 0 Å². The summed E-state index contributed by atoms with van der Waals surface area (Å²) < 4.78 is 35.6. The first-order valence-electron chi connectivity index (χ1n) is 17.0. The minimum absolute atomic E-state index is 0.208. The molecule has 5 aromatic rings. The van der Waals surface area contributed by atoms with Crippen LogP contribution in [0.3, 0.4) is 0 Å². The van der Waals surface area contributed by atoms with E-state index in [1.807, 2.05) is 109 Å². The third kappa shape index (κ3) is 10.9. The lowest BCUT2D eigenvalue weighted by Crippen LogP contribution is -2.27. The number of hydrogen-bond acceptors (Lipinski definition) is 8. The maximum Gasteiger partial charge on any atom is 0.336 e. The van der Waals surface area contributed by atoms with Gasteiger partial charge in [0.2, 0.25) is 12.6 Å². The van der Waals surface area contributed by atoms with Gasteiger partial charge in [0.1, 0.15) is 23.0 Å². The van der Waals surface area contributed by atoms with Gasteiger partial charge in [0.05, 0.1) is 26.1 Å². The smallest absolute Gasteiger partial charge is 0.336 e. The van der Waals surface area contributed by atoms with Crippen molar-refractivity contribution in [2.45, 2.75) is 39.3 Å². The molecule has 8 nitrogen and oxygen atoms in total. The van der Waals surface area contributed by atoms with Gasteiger partial charge in [0.25, 0.3) is 0 Å². The highest BCUT2D eigenvalue weighted by atomic mass is 16.7. The Balaban J connectivity index is 1.17. The molecule has 0 aliphatic heterocycles. The van der Waals surface area contributed by atoms with Crippen LogP contribution in [0.2, 0.25) is 0 Å². The Kier molecular flexibility index (Phi) is 13.3. The van der Waals surface area contributed by atoms with Crippen molar-refractivity contribution in [1.29, 1.82) is 0 Å². The van der Waals surface area contributed by atoms with E-state index in [4.69, 9.17) is 28.4 Å². The fraction of sp³-hybridized carbons (Fsp3) is 0.182. The van der Waals surface area contributed by atoms with Crippen LogP contribution in [0, 0.1) is 0 Å². The first kappa shape index (κ1) is 37.0. The molecule has 0 fully saturated rings. The Morgan fingerprint density at radius 3 is 1.21 bits per heavy atom. The summed E-state index contributed by atoms with van der Waals surface area (Å²) in [5, 5.41) is 0. The molecule has 0 amide bonds. The maximum absolute atomic E-state index is 12.5. The minimum Gasteiger partial charge on any atom is -0.493 e. The minimum atomic E-state index is -0.912. The predicted octanol–water partition coefficient (Wildman–Crippen LogP) is 9.61. The molecule has 0 spiro atoms. The van der Waals surface area contributed by atoms with Gasteiger partial charge in [0.15, 0.2) is 0 Å². The monoisotopic (exact) mass is 698 g/mol. The summed E-state index contributed by atoms with van der Waals surface area (Å²) in [5.41, 5.74) is 4.24. The summed E-state index contributed by atoms with van der Waals surface area (Å²) in [5.74, 6) is 1.25. The number of rotatable bonds is 18. The molecular weight excluding hydrogens is 656 g/mol. The van der Waals surface area contributed by atoms with E-state index in [2.05, 4.69) is 13.2 Å². The van der Waals surface area contributed by atoms with Gasteiger partial charge in [-0.15, -0.1) is 0 Å². The SMILES string of the molecule is C=C(C)C(=O)OC(CCOc1ccc(OCCC(OC(=O)C(=C)C)Oc2ccccc2-c2ccccc2)cc1)Oc1ccccc1-c1ccccc1. The van der Waals surface area contributed by atoms with Crippen LogP contribution >= 0.6 is 0 Å². The van der Waals surface area contributed by atoms with E-state index >= 15 is 0 Å². The summed E-state index contributed by atoms with van der Waals surface area (Å²) in [6.07, 6.45) is -1.30. The molecule has 0 heterocycles. The average molecular weight is 699 g/mol. The molecule has 52 heavy (non-hydrogen) atoms. The molecule has 2 unspecified atom stereocenters. The molecule has 2 atom stereocenters. The first-order chi connectivity index (χ1) is 25.3. The van der Waals surface area contributed by atoms with E-state index in [-0.39, 0.29) is 37.2 Å². The molecule has 0 N–H and O–H groups in total. The van der Waals surface area contributed by atoms with E-state index in [0.717, 1.165) is 22.3 Å². The first-order valence-corrected chi connectivity index (χ1v) is 17.0. The highest BCUT2D eigenvalue weighted by Gasteiger charge is 2.21. The Bertz CT molecular complexity index is 1790. The Labute approximate surface area is 304 Å². The molecule has 8 heteroatoms. The van der Waals surface area contributed by atoms with Gasteiger partial charge in [-0.3, -0.25) is 0 Å². The number of benzene rings is 5. The van der Waals surface area contributed by atoms with Crippen LogP contribution < -0.4 is 18.9 Å². The summed E-state index contributed by atoms with van der Waals surface area (Å²) in [6.45, 7) is 11.0. The van der Waals surface area contributed by atoms with E-state index in [9.17, 15) is 9.59 Å². The fourth-order valence-electron chi connectivity index (χ4n) is 5.04. The van der Waals surface area contributed by atoms with Crippen LogP contribution in [-0.4, -0.2) is 37.7 Å². The van der Waals surface area contributed by atoms with Gasteiger partial charge in [-0.25, -0.2) is 9.59 Å². The largest absolute Gasteiger partial charge is 0.493 e. The number of carbonyl (C=O) groups excluding carboxylic acids is 2. The Morgan fingerprint density at radius 1 is 0.500 bits per heavy atom. The number of carbonyl (C=O) groups is 2. The third-order valence-electron chi connectivity index (χ3n) is 7.70. The lowest BCUT2D eigenvalue weighted by atomic mass is 10.1. The molecule has 5 aromatic carbocycles. The molecule has 5 rings (SSSR count). The lowest BCUT2D eigenvalue weighted by Gasteiger charge is -2.22. The molecule has 0 aliphatic rings. The Morgan fingerprint density at radius 2 is 0.846 bits per heavy atom. The second-order valence-electron chi connectivity index (χ2n) is 11.9. The maximum atomic E-state index is 12.5. The molecule has 0 radical (unpaired) electrons. The fourth-order valence-corrected chi connectivity index (χ4v) is 5.04. The predicted molar refractivity (Wildman–Crippen MR) is 201 cm³/mol. The van der Waals surface area contributed by atoms with Crippen molar-refractivity contribution in [3.8, 4) is 45.3 Å². The van der Waals surface area contributed by atoms with Crippen LogP contribution in [0.15, 0.2) is 158 Å². The van der Waals surface area contributed by atoms with Crippen molar-refractivity contribution in [1.82, 2.24) is 0 Å². The van der Waals surface area contributed by atoms with Crippen molar-refractivity contribution in [2.24, 2.45) is 0 Å². The van der Waals surface area contributed by atoms with E-state index in [1.165, 1.54) is 0 Å². The second kappa shape index (κ2) is 18.6. The molecule has 266 valence electrons. The van der Waals surface area contributed by atoms with Crippen LogP contribution in [-0.2, 0) is 19.1 Å². The zero-order chi connectivity index (χ0) is 36.7. The summed E-state index contributed by atoms with van der Waals surface area (Å²) in [7, 11) is 0. The van der Waals surface area contributed by atoms with Crippen molar-refractivity contribution in [2.75, 3.05) is 13.2 Å². The van der Waals surface area contributed by atoms with Crippen LogP contribution in [0.4, 0.5) is 0 Å². The highest BCUT2D eigenvalue weighted by Crippen LogP contribution is 2.32. The number of ether oxygens (including phenoxy) is 6. The summed E-state index contributed by atoms with van der Waals surface area (Å²) in [4.78, 5) is 24.9. The zero-order valence-corrected chi connectivity index (χ0v) is 29.4. The van der Waals surface area contributed by atoms with E-state index < -0.39 is 24.5 Å². The molecule has 0 aromatic heterocycles. The topological polar surface area (TPSA) is 89.5 Å². The summed E-state index contributed by atoms with van der Waals surface area (Å²) in [6, 6.07) is 42.0. The van der Waals surface area contributed by atoms with Crippen molar-refractivity contribution in [3.63, 3.8) is 0 Å². The Hall–Kier alpha value is -6.28. The average Bonchev–Trinajstić information content (AvgIpc) is 3.16. The number of esters is 2. The van der Waals surface area contributed by atoms with E-state index in [0.29, 0.717) is 23.0 Å². The second-order valence-corrected chi connectivity index (χ2v) is 11.9. The van der Waals surface area contributed by atoms with Gasteiger partial charge >= 0.3 is 11.9 Å². The molecule has 0 saturated heterocycles. The molecular formula is C44H42O8. The summed E-state index contributed by atoms with van der Waals surface area (Å²) >= 11 is 0. The molecule has 0 saturated carbocycles. The highest BCUT2D eigenvalue weighted by molar-refractivity contribution is 5.87. The number of hydrogen-bond donors (Lipinski definition) is 0. The van der Waals surface area contributed by atoms with Crippen molar-refractivity contribution >= 4 is 11.9 Å². The van der Waals surface area contributed by atoms with Crippen molar-refractivity contribution < 1.29 is 38.0 Å². The van der Waals surface area contributed by atoms with Crippen molar-refractivity contribution in [3.05, 3.63) is 158 Å². The van der Waals surface area contributed by atoms with E-state index in [1.54, 1.807) is 38.1 Å². The van der Waals surface area contributed by atoms with Crippen LogP contribution in [0.25, 0.3) is 22.3 Å². The standard InChI is InChI=1S/C44H42O8/c1-31(2)43(45)51-41(49-39-21-13-11-19-37(39)33-15-7-5-8-16-33)27-29-47-35-23-25-36(26-24-35)48-30-28-42(52-44(46)32(3)4)50-40-22-14-12-20-38(40)34-17-9-6-10-18-34/h5-26,41-42H,1,3,27-30H2,2,4H3. The van der Waals surface area contributed by atoms with Crippen LogP contribution in [0.1, 0.15) is 26.7 Å². The number of para-hydroxylation sites is 2. The molecule has 0 aliphatic carbocycles. The van der Waals surface area contributed by atoms with Gasteiger partial charge in [-0.05, 0) is 61.4 Å². The quantitative estimate of drug-likeness (QED) is 0.0508. The van der Waals surface area contributed by atoms with Gasteiger partial charge in [0, 0.05) is 22.3 Å². The van der Waals surface area contributed by atoms with Gasteiger partial charge in [-0.1, -0.05) is 110 Å². The van der Waals surface area contributed by atoms with Gasteiger partial charge < -0.3 is 28.4 Å². The molecule has 0 bridgehead atoms. The van der Waals surface area contributed by atoms with Crippen LogP contribution in [0.5, 0.6) is 23.0 Å². The lowest BCUT2D eigenvalue weighted by molar-refractivity contribution is -0.161. The third-order valence-corrected chi connectivity index (χ3v) is 7.70. The zero-order valence-electron chi connectivity index (χ0n) is 29.4.